The minimum Gasteiger partial charge on any atom is -0.311 e. The van der Waals surface area contributed by atoms with Crippen LogP contribution in [0.15, 0.2) is 103 Å². The molecule has 0 saturated carbocycles. The van der Waals surface area contributed by atoms with E-state index in [1.165, 1.54) is 119 Å². The fourth-order valence-electron chi connectivity index (χ4n) is 12.9. The second-order valence-corrected chi connectivity index (χ2v) is 27.0. The number of nitrogens with zero attached hydrogens (tertiary/aromatic N) is 2. The van der Waals surface area contributed by atoms with E-state index in [2.05, 4.69) is 238 Å². The molecule has 2 aliphatic carbocycles. The van der Waals surface area contributed by atoms with Crippen molar-refractivity contribution in [2.45, 2.75) is 182 Å². The second-order valence-electron chi connectivity index (χ2n) is 27.0. The second kappa shape index (κ2) is 14.5. The fourth-order valence-corrected chi connectivity index (χ4v) is 12.9. The molecular weight excluding hydrogens is 808 g/mol. The monoisotopic (exact) mass is 885 g/mol. The number of fused-ring (bicyclic) bond motifs is 6. The van der Waals surface area contributed by atoms with Gasteiger partial charge in [0.1, 0.15) is 0 Å². The van der Waals surface area contributed by atoms with Gasteiger partial charge in [-0.25, -0.2) is 0 Å². The van der Waals surface area contributed by atoms with Crippen molar-refractivity contribution in [3.63, 3.8) is 0 Å². The summed E-state index contributed by atoms with van der Waals surface area (Å²) in [7, 11) is 0. The summed E-state index contributed by atoms with van der Waals surface area (Å²) in [6.07, 6.45) is 3.51. The Morgan fingerprint density at radius 1 is 0.418 bits per heavy atom. The number of anilines is 6. The highest BCUT2D eigenvalue weighted by Crippen LogP contribution is 2.55. The van der Waals surface area contributed by atoms with Gasteiger partial charge in [0.15, 0.2) is 0 Å². The summed E-state index contributed by atoms with van der Waals surface area (Å²) in [5, 5.41) is 0. The molecule has 0 N–H and O–H groups in total. The lowest BCUT2D eigenvalue weighted by atomic mass is 9.33. The Kier molecular flexibility index (Phi) is 9.91. The molecule has 2 aliphatic heterocycles. The lowest BCUT2D eigenvalue weighted by Crippen LogP contribution is -2.62. The van der Waals surface area contributed by atoms with Crippen molar-refractivity contribution in [3.05, 3.63) is 148 Å². The molecule has 10 rings (SSSR count). The first kappa shape index (κ1) is 45.8. The van der Waals surface area contributed by atoms with Gasteiger partial charge in [0, 0.05) is 34.0 Å². The molecule has 0 amide bonds. The van der Waals surface area contributed by atoms with Gasteiger partial charge < -0.3 is 9.80 Å². The molecule has 0 fully saturated rings. The number of benzene rings is 6. The van der Waals surface area contributed by atoms with E-state index in [1.54, 1.807) is 0 Å². The number of rotatable bonds is 3. The molecule has 0 radical (unpaired) electrons. The third-order valence-electron chi connectivity index (χ3n) is 16.9. The van der Waals surface area contributed by atoms with Crippen LogP contribution in [0.25, 0.3) is 11.1 Å². The van der Waals surface area contributed by atoms with Crippen molar-refractivity contribution in [1.29, 1.82) is 0 Å². The third kappa shape index (κ3) is 7.17. The normalized spacial score (nSPS) is 18.5. The summed E-state index contributed by atoms with van der Waals surface area (Å²) < 4.78 is 0. The summed E-state index contributed by atoms with van der Waals surface area (Å²) in [5.74, 6) is 0. The summed E-state index contributed by atoms with van der Waals surface area (Å²) in [6, 6.07) is 41.7. The molecule has 6 aromatic carbocycles. The number of hydrogen-bond donors (Lipinski definition) is 0. The molecule has 0 saturated heterocycles. The summed E-state index contributed by atoms with van der Waals surface area (Å²) in [6.45, 7) is 43.6. The maximum absolute atomic E-state index is 2.75. The van der Waals surface area contributed by atoms with E-state index in [0.717, 1.165) is 6.42 Å². The Hall–Kier alpha value is -5.02. The molecule has 4 aliphatic rings. The van der Waals surface area contributed by atoms with E-state index in [-0.39, 0.29) is 44.6 Å². The topological polar surface area (TPSA) is 6.48 Å². The summed E-state index contributed by atoms with van der Waals surface area (Å²) >= 11 is 0. The quantitative estimate of drug-likeness (QED) is 0.163. The van der Waals surface area contributed by atoms with Crippen molar-refractivity contribution in [2.75, 3.05) is 9.80 Å². The van der Waals surface area contributed by atoms with Gasteiger partial charge in [-0.1, -0.05) is 178 Å². The van der Waals surface area contributed by atoms with Gasteiger partial charge in [0.2, 0.25) is 0 Å². The van der Waals surface area contributed by atoms with Crippen LogP contribution < -0.4 is 26.2 Å². The van der Waals surface area contributed by atoms with Crippen molar-refractivity contribution in [2.24, 2.45) is 0 Å². The molecule has 2 nitrogen and oxygen atoms in total. The van der Waals surface area contributed by atoms with Gasteiger partial charge in [-0.3, -0.25) is 0 Å². The van der Waals surface area contributed by atoms with E-state index in [4.69, 9.17) is 0 Å². The largest absolute Gasteiger partial charge is 0.311 e. The van der Waals surface area contributed by atoms with Crippen LogP contribution in [0.5, 0.6) is 0 Å². The average Bonchev–Trinajstić information content (AvgIpc) is 3.42. The molecule has 0 unspecified atom stereocenters. The Morgan fingerprint density at radius 3 is 1.46 bits per heavy atom. The fraction of sp³-hybridized carbons (Fsp3) is 0.438. The van der Waals surface area contributed by atoms with Crippen LogP contribution in [0.4, 0.5) is 34.1 Å². The molecule has 0 spiro atoms. The first-order chi connectivity index (χ1) is 31.0. The van der Waals surface area contributed by atoms with Gasteiger partial charge in [-0.2, -0.15) is 0 Å². The van der Waals surface area contributed by atoms with Crippen molar-refractivity contribution < 1.29 is 0 Å². The SMILES string of the molecule is Cc1cc2c(cc1N1c3cc4c(cc3B3c5ccc(C(C)(C)C)cc5N(c5ccc(C(C)(C)C)cc5-c5ccccc5)c5cc(C(C)(C)C)cc1c53)C(C)(C)CC4(C)C)C(C)(C)CCC2(C)C. The molecule has 0 bridgehead atoms. The van der Waals surface area contributed by atoms with Crippen LogP contribution >= 0.6 is 0 Å². The Bertz CT molecular complexity index is 3010. The molecule has 6 aromatic rings. The Balaban J connectivity index is 1.38. The average molecular weight is 885 g/mol. The minimum absolute atomic E-state index is 0.0129. The van der Waals surface area contributed by atoms with Gasteiger partial charge in [0.25, 0.3) is 6.71 Å². The lowest BCUT2D eigenvalue weighted by Gasteiger charge is -2.47. The van der Waals surface area contributed by atoms with Gasteiger partial charge in [0.05, 0.1) is 5.69 Å². The van der Waals surface area contributed by atoms with Crippen LogP contribution in [0.2, 0.25) is 0 Å². The third-order valence-corrected chi connectivity index (χ3v) is 16.9. The Morgan fingerprint density at radius 2 is 0.881 bits per heavy atom. The maximum Gasteiger partial charge on any atom is 0.252 e. The predicted molar refractivity (Wildman–Crippen MR) is 293 cm³/mol. The molecule has 0 aromatic heterocycles. The van der Waals surface area contributed by atoms with Crippen LogP contribution in [0, 0.1) is 6.92 Å². The molecule has 3 heteroatoms. The maximum atomic E-state index is 2.75. The van der Waals surface area contributed by atoms with E-state index in [0.29, 0.717) is 0 Å². The number of hydrogen-bond acceptors (Lipinski definition) is 2. The highest BCUT2D eigenvalue weighted by molar-refractivity contribution is 7.00. The van der Waals surface area contributed by atoms with Crippen molar-refractivity contribution in [1.82, 2.24) is 0 Å². The summed E-state index contributed by atoms with van der Waals surface area (Å²) in [5.41, 5.74) is 26.0. The number of aryl methyl sites for hydroxylation is 1. The van der Waals surface area contributed by atoms with Crippen LogP contribution in [-0.2, 0) is 37.9 Å². The standard InChI is InChI=1S/C64H77BN2/c1-39-30-45-47(62(13,14)29-28-61(45,11)12)36-52(39)67-54-37-48-46(63(15,16)38-64(48,17)18)35-50(54)65-49-26-24-42(59(5,6)7)32-53(49)66(55-33-43(60(8,9)10)34-56(67)57(55)65)51-27-25-41(58(2,3)4)31-44(51)40-22-20-19-21-23-40/h19-27,30-37H,28-29,38H2,1-18H3. The van der Waals surface area contributed by atoms with E-state index >= 15 is 0 Å². The molecule has 0 atom stereocenters. The molecule has 346 valence electrons. The summed E-state index contributed by atoms with van der Waals surface area (Å²) in [4.78, 5) is 5.45. The van der Waals surface area contributed by atoms with E-state index in [9.17, 15) is 0 Å². The Labute approximate surface area is 405 Å². The first-order valence-corrected chi connectivity index (χ1v) is 25.5. The van der Waals surface area contributed by atoms with E-state index < -0.39 is 0 Å². The van der Waals surface area contributed by atoms with Gasteiger partial charge in [-0.05, 0) is 173 Å². The smallest absolute Gasteiger partial charge is 0.252 e. The molecule has 2 heterocycles. The van der Waals surface area contributed by atoms with Crippen LogP contribution in [-0.4, -0.2) is 6.71 Å². The zero-order valence-corrected chi connectivity index (χ0v) is 44.4. The lowest BCUT2D eigenvalue weighted by molar-refractivity contribution is 0.332. The molecular formula is C64H77BN2. The van der Waals surface area contributed by atoms with Crippen LogP contribution in [0.1, 0.15) is 181 Å². The minimum atomic E-state index is -0.120. The zero-order valence-electron chi connectivity index (χ0n) is 44.4. The van der Waals surface area contributed by atoms with Gasteiger partial charge >= 0.3 is 0 Å². The van der Waals surface area contributed by atoms with E-state index in [1.807, 2.05) is 0 Å². The highest BCUT2D eigenvalue weighted by atomic mass is 15.2. The van der Waals surface area contributed by atoms with Gasteiger partial charge in [-0.15, -0.1) is 0 Å². The van der Waals surface area contributed by atoms with Crippen LogP contribution in [0.3, 0.4) is 0 Å². The zero-order chi connectivity index (χ0) is 48.3. The first-order valence-electron chi connectivity index (χ1n) is 25.5. The predicted octanol–water partition coefficient (Wildman–Crippen LogP) is 15.9. The van der Waals surface area contributed by atoms with Crippen molar-refractivity contribution in [3.8, 4) is 11.1 Å². The highest BCUT2D eigenvalue weighted by Gasteiger charge is 2.49. The van der Waals surface area contributed by atoms with Crippen molar-refractivity contribution >= 4 is 57.2 Å². The molecule has 67 heavy (non-hydrogen) atoms.